The number of hydrogen-bond donors (Lipinski definition) is 0. The quantitative estimate of drug-likeness (QED) is 0.565. The maximum atomic E-state index is 11.9. The molecule has 0 bridgehead atoms. The number of carbonyl (C=O) groups excluding carboxylic acids is 1. The third kappa shape index (κ3) is 2.61. The zero-order chi connectivity index (χ0) is 14.4. The second-order valence-corrected chi connectivity index (χ2v) is 3.72. The van der Waals surface area contributed by atoms with E-state index in [-0.39, 0.29) is 17.3 Å². The molecule has 1 aromatic carbocycles. The van der Waals surface area contributed by atoms with Crippen molar-refractivity contribution in [3.05, 3.63) is 59.2 Å². The van der Waals surface area contributed by atoms with Crippen LogP contribution in [0.15, 0.2) is 48.1 Å². The van der Waals surface area contributed by atoms with Gasteiger partial charge in [-0.3, -0.25) is 4.79 Å². The number of ketones is 1. The summed E-state index contributed by atoms with van der Waals surface area (Å²) < 4.78 is 0. The van der Waals surface area contributed by atoms with Gasteiger partial charge in [0.05, 0.1) is 0 Å². The van der Waals surface area contributed by atoms with E-state index < -0.39 is 0 Å². The van der Waals surface area contributed by atoms with Gasteiger partial charge in [-0.25, -0.2) is 0 Å². The first-order chi connectivity index (χ1) is 9.19. The maximum absolute atomic E-state index is 11.9. The molecule has 0 saturated carbocycles. The van der Waals surface area contributed by atoms with Crippen LogP contribution in [0.25, 0.3) is 0 Å². The van der Waals surface area contributed by atoms with E-state index in [1.165, 1.54) is 6.08 Å². The molecule has 0 aliphatic heterocycles. The molecule has 0 heterocycles. The number of rotatable bonds is 1. The molecule has 1 aliphatic carbocycles. The summed E-state index contributed by atoms with van der Waals surface area (Å²) in [4.78, 5) is 11.9. The van der Waals surface area contributed by atoms with Crippen LogP contribution in [0, 0.1) is 22.7 Å². The van der Waals surface area contributed by atoms with Crippen molar-refractivity contribution in [2.75, 3.05) is 0 Å². The second-order valence-electron chi connectivity index (χ2n) is 3.72. The van der Waals surface area contributed by atoms with E-state index in [0.717, 1.165) is 5.56 Å². The molecule has 1 unspecified atom stereocenters. The molecule has 0 aromatic heterocycles. The summed E-state index contributed by atoms with van der Waals surface area (Å²) in [6.07, 6.45) is 1.49. The van der Waals surface area contributed by atoms with Crippen molar-refractivity contribution in [3.8, 4) is 12.1 Å². The molecule has 3 nitrogen and oxygen atoms in total. The average molecular weight is 250 g/mol. The lowest BCUT2D eigenvalue weighted by atomic mass is 9.96. The second kappa shape index (κ2) is 6.33. The summed E-state index contributed by atoms with van der Waals surface area (Å²) >= 11 is 0. The van der Waals surface area contributed by atoms with Crippen LogP contribution >= 0.6 is 0 Å². The molecule has 0 spiro atoms. The van der Waals surface area contributed by atoms with Crippen molar-refractivity contribution < 1.29 is 4.79 Å². The first kappa shape index (κ1) is 14.4. The Morgan fingerprint density at radius 1 is 1.26 bits per heavy atom. The number of carbonyl (C=O) groups is 1. The van der Waals surface area contributed by atoms with Gasteiger partial charge in [-0.15, -0.1) is 0 Å². The number of nitriles is 2. The molecule has 1 atom stereocenters. The average Bonchev–Trinajstić information content (AvgIpc) is 2.72. The van der Waals surface area contributed by atoms with Gasteiger partial charge in [0, 0.05) is 17.1 Å². The van der Waals surface area contributed by atoms with Crippen LogP contribution in [0.2, 0.25) is 0 Å². The van der Waals surface area contributed by atoms with E-state index in [4.69, 9.17) is 10.5 Å². The molecule has 0 N–H and O–H groups in total. The van der Waals surface area contributed by atoms with Crippen molar-refractivity contribution in [1.29, 1.82) is 10.5 Å². The fourth-order valence-electron chi connectivity index (χ4n) is 1.93. The van der Waals surface area contributed by atoms with Crippen molar-refractivity contribution in [1.82, 2.24) is 0 Å². The molecule has 94 valence electrons. The van der Waals surface area contributed by atoms with Crippen molar-refractivity contribution >= 4 is 5.78 Å². The Morgan fingerprint density at radius 2 is 1.84 bits per heavy atom. The van der Waals surface area contributed by atoms with Gasteiger partial charge >= 0.3 is 0 Å². The highest BCUT2D eigenvalue weighted by Gasteiger charge is 2.31. The Kier molecular flexibility index (Phi) is 4.80. The molecule has 0 saturated heterocycles. The normalized spacial score (nSPS) is 15.5. The smallest absolute Gasteiger partial charge is 0.189 e. The van der Waals surface area contributed by atoms with Crippen LogP contribution in [0.5, 0.6) is 0 Å². The minimum absolute atomic E-state index is 0.000605. The Bertz CT molecular complexity index is 611. The van der Waals surface area contributed by atoms with Crippen LogP contribution in [-0.2, 0) is 0 Å². The SMILES string of the molecule is C=C1C(=O)c2ccccc2C1C=C(C#N)C#N.CC. The number of allylic oxidation sites excluding steroid dienone is 3. The molecule has 2 rings (SSSR count). The van der Waals surface area contributed by atoms with Gasteiger partial charge in [0.2, 0.25) is 0 Å². The van der Waals surface area contributed by atoms with E-state index in [1.807, 2.05) is 26.0 Å². The highest BCUT2D eigenvalue weighted by Crippen LogP contribution is 2.37. The van der Waals surface area contributed by atoms with Crippen LogP contribution in [0.4, 0.5) is 0 Å². The number of hydrogen-bond acceptors (Lipinski definition) is 3. The number of fused-ring (bicyclic) bond motifs is 1. The Morgan fingerprint density at radius 3 is 2.42 bits per heavy atom. The topological polar surface area (TPSA) is 64.7 Å². The highest BCUT2D eigenvalue weighted by atomic mass is 16.1. The van der Waals surface area contributed by atoms with E-state index >= 15 is 0 Å². The number of benzene rings is 1. The Labute approximate surface area is 113 Å². The fourth-order valence-corrected chi connectivity index (χ4v) is 1.93. The molecule has 1 aliphatic rings. The van der Waals surface area contributed by atoms with Gasteiger partial charge in [-0.2, -0.15) is 10.5 Å². The molecule has 0 amide bonds. The summed E-state index contributed by atoms with van der Waals surface area (Å²) in [5.74, 6) is -0.468. The largest absolute Gasteiger partial charge is 0.289 e. The zero-order valence-corrected chi connectivity index (χ0v) is 11.0. The van der Waals surface area contributed by atoms with Gasteiger partial charge in [0.15, 0.2) is 5.78 Å². The Balaban J connectivity index is 0.000000861. The van der Waals surface area contributed by atoms with Crippen LogP contribution < -0.4 is 0 Å². The number of Topliss-reactive ketones (excluding diaryl/α,β-unsaturated/α-hetero) is 1. The van der Waals surface area contributed by atoms with Gasteiger partial charge in [0.25, 0.3) is 0 Å². The molecular weight excluding hydrogens is 236 g/mol. The van der Waals surface area contributed by atoms with Gasteiger partial charge < -0.3 is 0 Å². The predicted octanol–water partition coefficient (Wildman–Crippen LogP) is 3.52. The van der Waals surface area contributed by atoms with Crippen molar-refractivity contribution in [2.45, 2.75) is 19.8 Å². The van der Waals surface area contributed by atoms with Gasteiger partial charge in [0.1, 0.15) is 17.7 Å². The first-order valence-corrected chi connectivity index (χ1v) is 6.03. The van der Waals surface area contributed by atoms with Gasteiger partial charge in [-0.05, 0) is 11.6 Å². The summed E-state index contributed by atoms with van der Waals surface area (Å²) in [5.41, 5.74) is 1.83. The van der Waals surface area contributed by atoms with E-state index in [0.29, 0.717) is 11.1 Å². The van der Waals surface area contributed by atoms with Crippen molar-refractivity contribution in [3.63, 3.8) is 0 Å². The maximum Gasteiger partial charge on any atom is 0.189 e. The van der Waals surface area contributed by atoms with Crippen LogP contribution in [-0.4, -0.2) is 5.78 Å². The molecule has 0 radical (unpaired) electrons. The first-order valence-electron chi connectivity index (χ1n) is 6.03. The van der Waals surface area contributed by atoms with E-state index in [9.17, 15) is 4.79 Å². The third-order valence-electron chi connectivity index (χ3n) is 2.78. The van der Waals surface area contributed by atoms with E-state index in [2.05, 4.69) is 6.58 Å². The number of nitrogens with zero attached hydrogens (tertiary/aromatic N) is 2. The molecule has 0 fully saturated rings. The van der Waals surface area contributed by atoms with Crippen LogP contribution in [0.3, 0.4) is 0 Å². The standard InChI is InChI=1S/C14H8N2O.C2H6/c1-9-13(6-10(7-15)8-16)11-4-2-3-5-12(11)14(9)17;1-2/h2-6,13H,1H2;1-2H3. The zero-order valence-electron chi connectivity index (χ0n) is 11.0. The summed E-state index contributed by atoms with van der Waals surface area (Å²) in [5, 5.41) is 17.5. The molecular formula is C16H14N2O. The lowest BCUT2D eigenvalue weighted by molar-refractivity contribution is 0.103. The summed E-state index contributed by atoms with van der Waals surface area (Å²) in [6.45, 7) is 7.74. The van der Waals surface area contributed by atoms with Crippen molar-refractivity contribution in [2.24, 2.45) is 0 Å². The van der Waals surface area contributed by atoms with E-state index in [1.54, 1.807) is 24.3 Å². The summed E-state index contributed by atoms with van der Waals surface area (Å²) in [6, 6.07) is 10.7. The lowest BCUT2D eigenvalue weighted by Gasteiger charge is -2.05. The third-order valence-corrected chi connectivity index (χ3v) is 2.78. The lowest BCUT2D eigenvalue weighted by Crippen LogP contribution is -1.96. The summed E-state index contributed by atoms with van der Waals surface area (Å²) in [7, 11) is 0. The van der Waals surface area contributed by atoms with Gasteiger partial charge in [-0.1, -0.05) is 44.7 Å². The molecule has 3 heteroatoms. The molecule has 1 aromatic rings. The minimum atomic E-state index is -0.354. The fraction of sp³-hybridized carbons (Fsp3) is 0.188. The molecule has 19 heavy (non-hydrogen) atoms. The minimum Gasteiger partial charge on any atom is -0.289 e. The Hall–Kier alpha value is -2.65. The monoisotopic (exact) mass is 250 g/mol. The predicted molar refractivity (Wildman–Crippen MR) is 73.3 cm³/mol. The highest BCUT2D eigenvalue weighted by molar-refractivity contribution is 6.14. The van der Waals surface area contributed by atoms with Crippen LogP contribution in [0.1, 0.15) is 35.7 Å².